The predicted octanol–water partition coefficient (Wildman–Crippen LogP) is 6.28. The maximum Gasteiger partial charge on any atom is 0.306 e. The van der Waals surface area contributed by atoms with Crippen LogP contribution in [0, 0.1) is 17.0 Å². The molecule has 0 atom stereocenters. The van der Waals surface area contributed by atoms with Gasteiger partial charge in [-0.1, -0.05) is 39.0 Å². The molecule has 0 aliphatic carbocycles. The standard InChI is InChI=1S/C30H33N3O7/c1-20-8-11-23(18-26(20)33(37)38)32-28(35)19-39-29(36)7-5-6-27(34)31-22-12-16-25(17-13-22)40-24-14-9-21(10-15-24)30(2,3)4/h8-18H,5-7,19H2,1-4H3,(H,31,34)(H,32,35). The number of rotatable bonds is 11. The number of nitrogens with one attached hydrogen (secondary N) is 2. The summed E-state index contributed by atoms with van der Waals surface area (Å²) in [6.45, 7) is 7.49. The molecule has 0 saturated heterocycles. The summed E-state index contributed by atoms with van der Waals surface area (Å²) >= 11 is 0. The monoisotopic (exact) mass is 547 g/mol. The van der Waals surface area contributed by atoms with Gasteiger partial charge in [-0.15, -0.1) is 0 Å². The number of amides is 2. The molecular formula is C30H33N3O7. The molecule has 10 nitrogen and oxygen atoms in total. The van der Waals surface area contributed by atoms with Crippen LogP contribution in [-0.4, -0.2) is 29.3 Å². The van der Waals surface area contributed by atoms with Gasteiger partial charge in [0.2, 0.25) is 5.91 Å². The van der Waals surface area contributed by atoms with Crippen LogP contribution in [0.15, 0.2) is 66.7 Å². The minimum absolute atomic E-state index is 0.0442. The number of esters is 1. The zero-order chi connectivity index (χ0) is 29.3. The van der Waals surface area contributed by atoms with Crippen molar-refractivity contribution in [3.63, 3.8) is 0 Å². The minimum atomic E-state index is -0.630. The highest BCUT2D eigenvalue weighted by Crippen LogP contribution is 2.27. The number of benzene rings is 3. The molecule has 40 heavy (non-hydrogen) atoms. The van der Waals surface area contributed by atoms with Gasteiger partial charge in [-0.3, -0.25) is 24.5 Å². The second-order valence-corrected chi connectivity index (χ2v) is 10.3. The van der Waals surface area contributed by atoms with Crippen LogP contribution in [0.4, 0.5) is 17.1 Å². The maximum absolute atomic E-state index is 12.2. The first-order valence-electron chi connectivity index (χ1n) is 12.8. The Morgan fingerprint density at radius 3 is 2.00 bits per heavy atom. The topological polar surface area (TPSA) is 137 Å². The van der Waals surface area contributed by atoms with Gasteiger partial charge in [0.15, 0.2) is 6.61 Å². The number of hydrogen-bond acceptors (Lipinski definition) is 7. The molecule has 0 spiro atoms. The Kier molecular flexibility index (Phi) is 9.97. The van der Waals surface area contributed by atoms with E-state index in [0.717, 1.165) is 0 Å². The average Bonchev–Trinajstić information content (AvgIpc) is 2.89. The number of carbonyl (C=O) groups excluding carboxylic acids is 3. The fourth-order valence-corrected chi connectivity index (χ4v) is 3.68. The third kappa shape index (κ3) is 9.23. The van der Waals surface area contributed by atoms with Crippen molar-refractivity contribution < 1.29 is 28.8 Å². The van der Waals surface area contributed by atoms with E-state index in [0.29, 0.717) is 22.7 Å². The van der Waals surface area contributed by atoms with E-state index in [2.05, 4.69) is 31.4 Å². The summed E-state index contributed by atoms with van der Waals surface area (Å²) in [5, 5.41) is 16.2. The quantitative estimate of drug-likeness (QED) is 0.164. The summed E-state index contributed by atoms with van der Waals surface area (Å²) in [5.41, 5.74) is 2.43. The number of aryl methyl sites for hydroxylation is 1. The summed E-state index contributed by atoms with van der Waals surface area (Å²) in [5.74, 6) is -0.173. The smallest absolute Gasteiger partial charge is 0.306 e. The molecule has 0 aliphatic rings. The largest absolute Gasteiger partial charge is 0.457 e. The van der Waals surface area contributed by atoms with Crippen LogP contribution in [-0.2, 0) is 24.5 Å². The number of anilines is 2. The summed E-state index contributed by atoms with van der Waals surface area (Å²) in [4.78, 5) is 46.7. The molecule has 2 amide bonds. The van der Waals surface area contributed by atoms with Gasteiger partial charge < -0.3 is 20.1 Å². The molecule has 0 saturated carbocycles. The molecule has 210 valence electrons. The fourth-order valence-electron chi connectivity index (χ4n) is 3.68. The van der Waals surface area contributed by atoms with Gasteiger partial charge in [-0.25, -0.2) is 0 Å². The molecule has 0 aliphatic heterocycles. The Morgan fingerprint density at radius 1 is 0.825 bits per heavy atom. The first kappa shape index (κ1) is 29.8. The zero-order valence-electron chi connectivity index (χ0n) is 23.0. The molecule has 0 unspecified atom stereocenters. The van der Waals surface area contributed by atoms with E-state index in [4.69, 9.17) is 9.47 Å². The Hall–Kier alpha value is -4.73. The van der Waals surface area contributed by atoms with Gasteiger partial charge in [0.1, 0.15) is 11.5 Å². The molecule has 3 aromatic rings. The fraction of sp³-hybridized carbons (Fsp3) is 0.300. The van der Waals surface area contributed by atoms with Gasteiger partial charge >= 0.3 is 5.97 Å². The molecule has 0 fully saturated rings. The summed E-state index contributed by atoms with van der Waals surface area (Å²) < 4.78 is 10.8. The van der Waals surface area contributed by atoms with Crippen LogP contribution in [0.5, 0.6) is 11.5 Å². The highest BCUT2D eigenvalue weighted by atomic mass is 16.6. The van der Waals surface area contributed by atoms with Gasteiger partial charge in [-0.2, -0.15) is 0 Å². The van der Waals surface area contributed by atoms with E-state index in [1.54, 1.807) is 31.2 Å². The Balaban J connectivity index is 1.35. The lowest BCUT2D eigenvalue weighted by Crippen LogP contribution is -2.21. The number of hydrogen-bond donors (Lipinski definition) is 2. The van der Waals surface area contributed by atoms with Gasteiger partial charge in [0.05, 0.1) is 4.92 Å². The van der Waals surface area contributed by atoms with Crippen LogP contribution >= 0.6 is 0 Å². The predicted molar refractivity (Wildman–Crippen MR) is 152 cm³/mol. The lowest BCUT2D eigenvalue weighted by molar-refractivity contribution is -0.385. The van der Waals surface area contributed by atoms with Gasteiger partial charge in [0.25, 0.3) is 11.6 Å². The molecule has 0 bridgehead atoms. The SMILES string of the molecule is Cc1ccc(NC(=O)COC(=O)CCCC(=O)Nc2ccc(Oc3ccc(C(C)(C)C)cc3)cc2)cc1[N+](=O)[O-]. The summed E-state index contributed by atoms with van der Waals surface area (Å²) in [6, 6.07) is 19.2. The average molecular weight is 548 g/mol. The molecule has 0 radical (unpaired) electrons. The number of nitrogens with zero attached hydrogens (tertiary/aromatic N) is 1. The third-order valence-electron chi connectivity index (χ3n) is 5.93. The number of ether oxygens (including phenoxy) is 2. The van der Waals surface area contributed by atoms with E-state index < -0.39 is 23.4 Å². The van der Waals surface area contributed by atoms with E-state index in [1.165, 1.54) is 23.8 Å². The van der Waals surface area contributed by atoms with Crippen LogP contribution < -0.4 is 15.4 Å². The molecule has 2 N–H and O–H groups in total. The molecule has 0 aromatic heterocycles. The van der Waals surface area contributed by atoms with Crippen molar-refractivity contribution in [1.82, 2.24) is 0 Å². The van der Waals surface area contributed by atoms with Crippen molar-refractivity contribution in [2.75, 3.05) is 17.2 Å². The first-order valence-corrected chi connectivity index (χ1v) is 12.8. The molecule has 3 aromatic carbocycles. The normalized spacial score (nSPS) is 10.9. The minimum Gasteiger partial charge on any atom is -0.457 e. The van der Waals surface area contributed by atoms with Crippen molar-refractivity contribution in [3.8, 4) is 11.5 Å². The lowest BCUT2D eigenvalue weighted by Gasteiger charge is -2.19. The Bertz CT molecular complexity index is 1360. The molecule has 10 heteroatoms. The third-order valence-corrected chi connectivity index (χ3v) is 5.93. The molecular weight excluding hydrogens is 514 g/mol. The second-order valence-electron chi connectivity index (χ2n) is 10.3. The van der Waals surface area contributed by atoms with Crippen LogP contribution in [0.25, 0.3) is 0 Å². The molecule has 0 heterocycles. The van der Waals surface area contributed by atoms with Crippen molar-refractivity contribution in [1.29, 1.82) is 0 Å². The Morgan fingerprint density at radius 2 is 1.40 bits per heavy atom. The number of nitro groups is 1. The molecule has 3 rings (SSSR count). The number of carbonyl (C=O) groups is 3. The van der Waals surface area contributed by atoms with Gasteiger partial charge in [-0.05, 0) is 66.8 Å². The van der Waals surface area contributed by atoms with Crippen molar-refractivity contribution >= 4 is 34.8 Å². The lowest BCUT2D eigenvalue weighted by atomic mass is 9.87. The van der Waals surface area contributed by atoms with Crippen molar-refractivity contribution in [2.24, 2.45) is 0 Å². The van der Waals surface area contributed by atoms with E-state index in [1.807, 2.05) is 24.3 Å². The first-order chi connectivity index (χ1) is 18.9. The van der Waals surface area contributed by atoms with Crippen molar-refractivity contribution in [2.45, 2.75) is 52.4 Å². The van der Waals surface area contributed by atoms with Gasteiger partial charge in [0, 0.05) is 35.8 Å². The number of nitro benzene ring substituents is 1. The van der Waals surface area contributed by atoms with Crippen LogP contribution in [0.2, 0.25) is 0 Å². The Labute approximate surface area is 232 Å². The van der Waals surface area contributed by atoms with E-state index in [-0.39, 0.29) is 42.0 Å². The highest BCUT2D eigenvalue weighted by Gasteiger charge is 2.15. The van der Waals surface area contributed by atoms with Crippen LogP contribution in [0.1, 0.15) is 51.2 Å². The van der Waals surface area contributed by atoms with E-state index >= 15 is 0 Å². The summed E-state index contributed by atoms with van der Waals surface area (Å²) in [7, 11) is 0. The van der Waals surface area contributed by atoms with E-state index in [9.17, 15) is 24.5 Å². The maximum atomic E-state index is 12.2. The van der Waals surface area contributed by atoms with Crippen molar-refractivity contribution in [3.05, 3.63) is 88.0 Å². The zero-order valence-corrected chi connectivity index (χ0v) is 23.0. The van der Waals surface area contributed by atoms with Crippen LogP contribution in [0.3, 0.4) is 0 Å². The summed E-state index contributed by atoms with van der Waals surface area (Å²) in [6.07, 6.45) is 0.284. The highest BCUT2D eigenvalue weighted by molar-refractivity contribution is 5.93. The second kappa shape index (κ2) is 13.4.